The SMILES string of the molecule is Cn1cnc(S(=O)(=O)NCCOc2cc3c(cc2F)CC(CN2CCC2)C3Cc2cccc(Cl)c2)c1. The predicted octanol–water partition coefficient (Wildman–Crippen LogP) is 3.77. The van der Waals surface area contributed by atoms with Gasteiger partial charge < -0.3 is 14.2 Å². The number of benzene rings is 2. The zero-order valence-electron chi connectivity index (χ0n) is 20.2. The third-order valence-electron chi connectivity index (χ3n) is 7.04. The molecular weight excluding hydrogens is 503 g/mol. The summed E-state index contributed by atoms with van der Waals surface area (Å²) in [5.41, 5.74) is 3.28. The lowest BCUT2D eigenvalue weighted by Crippen LogP contribution is -2.41. The summed E-state index contributed by atoms with van der Waals surface area (Å²) in [4.78, 5) is 6.32. The summed E-state index contributed by atoms with van der Waals surface area (Å²) in [7, 11) is -2.05. The van der Waals surface area contributed by atoms with Crippen LogP contribution in [0.3, 0.4) is 0 Å². The molecule has 1 fully saturated rings. The van der Waals surface area contributed by atoms with Crippen LogP contribution >= 0.6 is 11.6 Å². The third kappa shape index (κ3) is 5.59. The highest BCUT2D eigenvalue weighted by Crippen LogP contribution is 2.43. The molecule has 2 aliphatic rings. The van der Waals surface area contributed by atoms with E-state index in [4.69, 9.17) is 16.3 Å². The van der Waals surface area contributed by atoms with E-state index in [-0.39, 0.29) is 29.8 Å². The van der Waals surface area contributed by atoms with Gasteiger partial charge in [0.15, 0.2) is 16.6 Å². The maximum atomic E-state index is 14.9. The van der Waals surface area contributed by atoms with Gasteiger partial charge in [-0.05, 0) is 85.1 Å². The number of rotatable bonds is 10. The summed E-state index contributed by atoms with van der Waals surface area (Å²) in [6.45, 7) is 3.23. The van der Waals surface area contributed by atoms with Gasteiger partial charge in [-0.1, -0.05) is 23.7 Å². The molecule has 3 aromatic rings. The van der Waals surface area contributed by atoms with E-state index in [0.29, 0.717) is 10.9 Å². The Balaban J connectivity index is 1.29. The second kappa shape index (κ2) is 10.5. The maximum Gasteiger partial charge on any atom is 0.259 e. The normalized spacial score (nSPS) is 19.8. The Kier molecular flexibility index (Phi) is 7.35. The summed E-state index contributed by atoms with van der Waals surface area (Å²) in [6.07, 6.45) is 5.72. The van der Waals surface area contributed by atoms with Gasteiger partial charge in [-0.2, -0.15) is 0 Å². The van der Waals surface area contributed by atoms with Crippen molar-refractivity contribution in [1.82, 2.24) is 19.2 Å². The van der Waals surface area contributed by atoms with Crippen LogP contribution in [0.25, 0.3) is 0 Å². The molecule has 1 aromatic heterocycles. The Bertz CT molecular complexity index is 1340. The van der Waals surface area contributed by atoms with Crippen molar-refractivity contribution in [3.8, 4) is 5.75 Å². The van der Waals surface area contributed by atoms with Crippen LogP contribution in [-0.4, -0.2) is 55.7 Å². The Morgan fingerprint density at radius 2 is 2.08 bits per heavy atom. The average molecular weight is 533 g/mol. The van der Waals surface area contributed by atoms with Gasteiger partial charge in [0.05, 0.1) is 6.33 Å². The topological polar surface area (TPSA) is 76.5 Å². The quantitative estimate of drug-likeness (QED) is 0.402. The first kappa shape index (κ1) is 25.2. The fourth-order valence-electron chi connectivity index (χ4n) is 5.14. The smallest absolute Gasteiger partial charge is 0.259 e. The van der Waals surface area contributed by atoms with Crippen molar-refractivity contribution in [2.75, 3.05) is 32.8 Å². The first-order valence-corrected chi connectivity index (χ1v) is 14.0. The largest absolute Gasteiger partial charge is 0.489 e. The highest BCUT2D eigenvalue weighted by molar-refractivity contribution is 7.89. The van der Waals surface area contributed by atoms with Crippen LogP contribution in [0.4, 0.5) is 4.39 Å². The van der Waals surface area contributed by atoms with E-state index in [1.165, 1.54) is 18.9 Å². The van der Waals surface area contributed by atoms with Gasteiger partial charge >= 0.3 is 0 Å². The number of likely N-dealkylation sites (tertiary alicyclic amines) is 1. The van der Waals surface area contributed by atoms with Gasteiger partial charge in [0.2, 0.25) is 0 Å². The molecule has 0 bridgehead atoms. The molecule has 1 N–H and O–H groups in total. The molecule has 0 radical (unpaired) electrons. The monoisotopic (exact) mass is 532 g/mol. The van der Waals surface area contributed by atoms with Crippen LogP contribution in [-0.2, 0) is 29.9 Å². The zero-order chi connectivity index (χ0) is 25.3. The highest BCUT2D eigenvalue weighted by atomic mass is 35.5. The standard InChI is InChI=1S/C26H30ClFN4O3S/c1-31-16-26(29-17-31)36(33,34)30-6-9-35-25-14-23-19(13-24(25)28)12-20(15-32-7-3-8-32)22(23)11-18-4-2-5-21(27)10-18/h2,4-5,10,13-14,16-17,20,22,30H,3,6-9,11-12,15H2,1H3. The predicted molar refractivity (Wildman–Crippen MR) is 136 cm³/mol. The number of aromatic nitrogens is 2. The average Bonchev–Trinajstić information content (AvgIpc) is 3.38. The van der Waals surface area contributed by atoms with Gasteiger partial charge in [0, 0.05) is 31.4 Å². The number of fused-ring (bicyclic) bond motifs is 1. The van der Waals surface area contributed by atoms with Gasteiger partial charge in [-0.15, -0.1) is 0 Å². The summed E-state index contributed by atoms with van der Waals surface area (Å²) >= 11 is 6.24. The molecule has 2 aromatic carbocycles. The minimum Gasteiger partial charge on any atom is -0.489 e. The number of hydrogen-bond acceptors (Lipinski definition) is 5. The van der Waals surface area contributed by atoms with Gasteiger partial charge in [0.25, 0.3) is 10.0 Å². The van der Waals surface area contributed by atoms with Crippen molar-refractivity contribution in [3.63, 3.8) is 0 Å². The van der Waals surface area contributed by atoms with Crippen molar-refractivity contribution in [2.45, 2.75) is 30.2 Å². The fraction of sp³-hybridized carbons (Fsp3) is 0.423. The number of halogens is 2. The molecule has 1 saturated heterocycles. The van der Waals surface area contributed by atoms with Crippen LogP contribution < -0.4 is 9.46 Å². The van der Waals surface area contributed by atoms with Crippen molar-refractivity contribution in [1.29, 1.82) is 0 Å². The molecule has 36 heavy (non-hydrogen) atoms. The molecule has 10 heteroatoms. The van der Waals surface area contributed by atoms with Crippen LogP contribution in [0.15, 0.2) is 53.9 Å². The Hall–Kier alpha value is -2.46. The van der Waals surface area contributed by atoms with E-state index in [1.807, 2.05) is 24.3 Å². The molecule has 1 aliphatic carbocycles. The zero-order valence-corrected chi connectivity index (χ0v) is 21.7. The lowest BCUT2D eigenvalue weighted by atomic mass is 9.86. The van der Waals surface area contributed by atoms with Gasteiger partial charge in [0.1, 0.15) is 6.61 Å². The third-order valence-corrected chi connectivity index (χ3v) is 8.62. The Labute approximate surface area is 216 Å². The van der Waals surface area contributed by atoms with E-state index < -0.39 is 15.8 Å². The molecule has 0 saturated carbocycles. The highest BCUT2D eigenvalue weighted by Gasteiger charge is 2.35. The Morgan fingerprint density at radius 1 is 1.25 bits per heavy atom. The first-order valence-electron chi connectivity index (χ1n) is 12.2. The van der Waals surface area contributed by atoms with E-state index in [2.05, 4.69) is 20.7 Å². The molecule has 2 heterocycles. The number of ether oxygens (including phenoxy) is 1. The lowest BCUT2D eigenvalue weighted by Gasteiger charge is -2.35. The second-order valence-electron chi connectivity index (χ2n) is 9.66. The van der Waals surface area contributed by atoms with Crippen molar-refractivity contribution < 1.29 is 17.5 Å². The number of imidazole rings is 1. The maximum absolute atomic E-state index is 14.9. The molecule has 7 nitrogen and oxygen atoms in total. The van der Waals surface area contributed by atoms with Crippen LogP contribution in [0.1, 0.15) is 29.0 Å². The van der Waals surface area contributed by atoms with E-state index in [0.717, 1.165) is 49.2 Å². The van der Waals surface area contributed by atoms with Crippen molar-refractivity contribution in [3.05, 3.63) is 76.5 Å². The number of sulfonamides is 1. The molecule has 192 valence electrons. The van der Waals surface area contributed by atoms with Crippen LogP contribution in [0.2, 0.25) is 5.02 Å². The van der Waals surface area contributed by atoms with Crippen molar-refractivity contribution in [2.24, 2.45) is 13.0 Å². The van der Waals surface area contributed by atoms with Crippen LogP contribution in [0, 0.1) is 11.7 Å². The van der Waals surface area contributed by atoms with Gasteiger partial charge in [-0.25, -0.2) is 22.5 Å². The summed E-state index contributed by atoms with van der Waals surface area (Å²) < 4.78 is 49.3. The fourth-order valence-corrected chi connectivity index (χ4v) is 6.35. The minimum absolute atomic E-state index is 0.00103. The molecular formula is C26H30ClFN4O3S. The molecule has 0 amide bonds. The van der Waals surface area contributed by atoms with Crippen molar-refractivity contribution >= 4 is 21.6 Å². The first-order chi connectivity index (χ1) is 17.3. The summed E-state index contributed by atoms with van der Waals surface area (Å²) in [6, 6.07) is 11.3. The molecule has 5 rings (SSSR count). The second-order valence-corrected chi connectivity index (χ2v) is 11.8. The number of nitrogens with one attached hydrogen (secondary N) is 1. The summed E-state index contributed by atoms with van der Waals surface area (Å²) in [5, 5.41) is 0.645. The minimum atomic E-state index is -3.75. The van der Waals surface area contributed by atoms with E-state index in [1.54, 1.807) is 17.7 Å². The van der Waals surface area contributed by atoms with E-state index in [9.17, 15) is 12.8 Å². The number of aryl methyl sites for hydroxylation is 1. The molecule has 2 atom stereocenters. The molecule has 1 aliphatic heterocycles. The van der Waals surface area contributed by atoms with Crippen LogP contribution in [0.5, 0.6) is 5.75 Å². The number of hydrogen-bond donors (Lipinski definition) is 1. The number of nitrogens with zero attached hydrogens (tertiary/aromatic N) is 3. The molecule has 2 unspecified atom stereocenters. The summed E-state index contributed by atoms with van der Waals surface area (Å²) in [5.74, 6) is 0.336. The Morgan fingerprint density at radius 3 is 2.78 bits per heavy atom. The molecule has 0 spiro atoms. The lowest BCUT2D eigenvalue weighted by molar-refractivity contribution is 0.145. The van der Waals surface area contributed by atoms with Gasteiger partial charge in [-0.3, -0.25) is 0 Å². The van der Waals surface area contributed by atoms with E-state index >= 15 is 0 Å².